The Morgan fingerprint density at radius 3 is 1.44 bits per heavy atom. The van der Waals surface area contributed by atoms with E-state index < -0.39 is 82.1 Å². The third-order valence-corrected chi connectivity index (χ3v) is 5.16. The maximum atomic E-state index is 14.2. The lowest BCUT2D eigenvalue weighted by Crippen LogP contribution is -2.61. The summed E-state index contributed by atoms with van der Waals surface area (Å²) in [6.45, 7) is 0.905. The van der Waals surface area contributed by atoms with Crippen LogP contribution in [-0.2, 0) is 19.2 Å². The predicted octanol–water partition coefficient (Wildman–Crippen LogP) is 4.81. The molecule has 2 aliphatic rings. The summed E-state index contributed by atoms with van der Waals surface area (Å²) >= 11 is 0. The summed E-state index contributed by atoms with van der Waals surface area (Å²) in [7, 11) is 0. The van der Waals surface area contributed by atoms with Gasteiger partial charge in [0.15, 0.2) is 0 Å². The minimum absolute atomic E-state index is 0.241. The molecule has 0 radical (unpaired) electrons. The van der Waals surface area contributed by atoms with E-state index in [1.54, 1.807) is 0 Å². The van der Waals surface area contributed by atoms with Crippen LogP contribution >= 0.6 is 0 Å². The van der Waals surface area contributed by atoms with Gasteiger partial charge in [0.1, 0.15) is 5.75 Å². The number of imide groups is 2. The van der Waals surface area contributed by atoms with Gasteiger partial charge in [-0.25, -0.2) is 9.80 Å². The minimum atomic E-state index is -7.55. The summed E-state index contributed by atoms with van der Waals surface area (Å²) in [5.74, 6) is -31.8. The number of allylic oxidation sites excluding steroid dienone is 1. The molecule has 0 spiro atoms. The molecule has 0 N–H and O–H groups in total. The Kier molecular flexibility index (Phi) is 6.91. The Morgan fingerprint density at radius 2 is 1.05 bits per heavy atom. The average Bonchev–Trinajstić information content (AvgIpc) is 3.33. The lowest BCUT2D eigenvalue weighted by Gasteiger charge is -2.32. The molecule has 3 rings (SSSR count). The SMILES string of the molecule is Cc1cc(N2C(=O)C=CC2=O)c(N2C(=O)C=CC2=O)cc1OC(F)=C(F)C(F)(F)C(F)(F)C(F)(F)C(F)(F)F. The Hall–Kier alpha value is -4.25. The van der Waals surface area contributed by atoms with Crippen LogP contribution in [0.1, 0.15) is 5.56 Å². The molecular weight excluding hydrogens is 569 g/mol. The largest absolute Gasteiger partial charge is 0.460 e. The number of alkyl halides is 9. The van der Waals surface area contributed by atoms with E-state index >= 15 is 0 Å². The maximum Gasteiger partial charge on any atom is 0.460 e. The van der Waals surface area contributed by atoms with Crippen LogP contribution in [0.15, 0.2) is 48.3 Å². The zero-order valence-electron chi connectivity index (χ0n) is 18.6. The second-order valence-electron chi connectivity index (χ2n) is 7.71. The number of nitrogens with zero attached hydrogens (tertiary/aromatic N) is 2. The molecule has 0 bridgehead atoms. The smallest absolute Gasteiger partial charge is 0.429 e. The monoisotopic (exact) mass is 578 g/mol. The Labute approximate surface area is 208 Å². The van der Waals surface area contributed by atoms with Crippen molar-refractivity contribution in [1.82, 2.24) is 0 Å². The van der Waals surface area contributed by atoms with Gasteiger partial charge < -0.3 is 4.74 Å². The summed E-state index contributed by atoms with van der Waals surface area (Å²) in [4.78, 5) is 49.1. The normalized spacial score (nSPS) is 17.5. The Bertz CT molecular complexity index is 1340. The van der Waals surface area contributed by atoms with Gasteiger partial charge in [-0.15, -0.1) is 0 Å². The van der Waals surface area contributed by atoms with Crippen molar-refractivity contribution in [3.05, 3.63) is 53.8 Å². The van der Waals surface area contributed by atoms with Crippen LogP contribution in [0.4, 0.5) is 59.7 Å². The predicted molar refractivity (Wildman–Crippen MR) is 105 cm³/mol. The highest BCUT2D eigenvalue weighted by molar-refractivity contribution is 6.33. The van der Waals surface area contributed by atoms with E-state index in [1.807, 2.05) is 0 Å². The number of amides is 4. The van der Waals surface area contributed by atoms with E-state index in [0.717, 1.165) is 19.1 Å². The first-order valence-electron chi connectivity index (χ1n) is 9.87. The number of hydrogen-bond donors (Lipinski definition) is 0. The lowest BCUT2D eigenvalue weighted by molar-refractivity contribution is -0.392. The molecule has 2 aliphatic heterocycles. The molecule has 0 saturated carbocycles. The number of carbonyl (C=O) groups is 4. The van der Waals surface area contributed by atoms with Crippen LogP contribution < -0.4 is 14.5 Å². The van der Waals surface area contributed by atoms with Crippen molar-refractivity contribution in [3.8, 4) is 5.75 Å². The van der Waals surface area contributed by atoms with Crippen LogP contribution in [0, 0.1) is 6.92 Å². The van der Waals surface area contributed by atoms with Gasteiger partial charge in [-0.05, 0) is 18.6 Å². The standard InChI is InChI=1S/C21H9F11N2O5/c1-8-6-9(33-12(35)2-3-13(33)36)10(34-14(37)4-5-15(34)38)7-11(8)39-17(23)16(22)18(24,25)19(26,27)20(28,29)21(30,31)32/h2-7H,1H3. The fourth-order valence-corrected chi connectivity index (χ4v) is 3.18. The first kappa shape index (κ1) is 29.3. The molecular formula is C21H9F11N2O5. The topological polar surface area (TPSA) is 84.0 Å². The molecule has 2 heterocycles. The fraction of sp³-hybridized carbons (Fsp3) is 0.238. The van der Waals surface area contributed by atoms with Gasteiger partial charge in [0, 0.05) is 30.4 Å². The lowest BCUT2D eigenvalue weighted by atomic mass is 10.0. The van der Waals surface area contributed by atoms with Crippen molar-refractivity contribution in [3.63, 3.8) is 0 Å². The summed E-state index contributed by atoms with van der Waals surface area (Å²) < 4.78 is 150. The fourth-order valence-electron chi connectivity index (χ4n) is 3.18. The summed E-state index contributed by atoms with van der Waals surface area (Å²) in [6.07, 6.45) is -4.42. The van der Waals surface area contributed by atoms with Gasteiger partial charge in [0.2, 0.25) is 5.83 Å². The first-order chi connectivity index (χ1) is 17.7. The van der Waals surface area contributed by atoms with Crippen LogP contribution in [0.5, 0.6) is 5.75 Å². The third-order valence-electron chi connectivity index (χ3n) is 5.16. The zero-order chi connectivity index (χ0) is 29.9. The van der Waals surface area contributed by atoms with Gasteiger partial charge in [-0.3, -0.25) is 19.2 Å². The van der Waals surface area contributed by atoms with Crippen molar-refractivity contribution in [2.45, 2.75) is 30.9 Å². The molecule has 18 heteroatoms. The van der Waals surface area contributed by atoms with E-state index in [2.05, 4.69) is 4.74 Å². The van der Waals surface area contributed by atoms with E-state index in [-0.39, 0.29) is 4.90 Å². The number of aryl methyl sites for hydroxylation is 1. The number of anilines is 2. The highest BCUT2D eigenvalue weighted by atomic mass is 19.4. The molecule has 0 saturated heterocycles. The number of halogens is 11. The van der Waals surface area contributed by atoms with Crippen LogP contribution in [0.2, 0.25) is 0 Å². The molecule has 0 fully saturated rings. The Morgan fingerprint density at radius 1 is 0.667 bits per heavy atom. The second-order valence-corrected chi connectivity index (χ2v) is 7.71. The van der Waals surface area contributed by atoms with Crippen LogP contribution in [0.25, 0.3) is 0 Å². The second kappa shape index (κ2) is 9.19. The van der Waals surface area contributed by atoms with E-state index in [4.69, 9.17) is 0 Å². The van der Waals surface area contributed by atoms with E-state index in [9.17, 15) is 67.5 Å². The molecule has 0 atom stereocenters. The molecule has 0 unspecified atom stereocenters. The Balaban J connectivity index is 2.12. The van der Waals surface area contributed by atoms with Crippen molar-refractivity contribution in [1.29, 1.82) is 0 Å². The van der Waals surface area contributed by atoms with Gasteiger partial charge >= 0.3 is 30.0 Å². The molecule has 7 nitrogen and oxygen atoms in total. The average molecular weight is 578 g/mol. The molecule has 0 aromatic heterocycles. The number of benzene rings is 1. The van der Waals surface area contributed by atoms with Gasteiger partial charge in [0.05, 0.1) is 11.4 Å². The highest BCUT2D eigenvalue weighted by Crippen LogP contribution is 2.56. The minimum Gasteiger partial charge on any atom is -0.429 e. The van der Waals surface area contributed by atoms with Crippen molar-refractivity contribution >= 4 is 35.0 Å². The zero-order valence-corrected chi connectivity index (χ0v) is 18.6. The molecule has 4 amide bonds. The first-order valence-corrected chi connectivity index (χ1v) is 9.87. The number of ether oxygens (including phenoxy) is 1. The van der Waals surface area contributed by atoms with E-state index in [0.29, 0.717) is 29.2 Å². The summed E-state index contributed by atoms with van der Waals surface area (Å²) in [6, 6.07) is -2.30. The molecule has 1 aromatic carbocycles. The molecule has 39 heavy (non-hydrogen) atoms. The quantitative estimate of drug-likeness (QED) is 0.264. The summed E-state index contributed by atoms with van der Waals surface area (Å²) in [5, 5.41) is 0. The van der Waals surface area contributed by atoms with E-state index in [1.165, 1.54) is 0 Å². The third kappa shape index (κ3) is 4.52. The van der Waals surface area contributed by atoms with Crippen molar-refractivity contribution in [2.24, 2.45) is 0 Å². The van der Waals surface area contributed by atoms with Crippen LogP contribution in [0.3, 0.4) is 0 Å². The van der Waals surface area contributed by atoms with Gasteiger partial charge in [0.25, 0.3) is 23.6 Å². The molecule has 0 aliphatic carbocycles. The van der Waals surface area contributed by atoms with Crippen molar-refractivity contribution in [2.75, 3.05) is 9.80 Å². The van der Waals surface area contributed by atoms with Gasteiger partial charge in [-0.2, -0.15) is 48.3 Å². The number of rotatable bonds is 7. The molecule has 210 valence electrons. The molecule has 1 aromatic rings. The maximum absolute atomic E-state index is 14.2. The highest BCUT2D eigenvalue weighted by Gasteiger charge is 2.83. The number of carbonyl (C=O) groups excluding carboxylic acids is 4. The van der Waals surface area contributed by atoms with Crippen molar-refractivity contribution < 1.29 is 72.2 Å². The van der Waals surface area contributed by atoms with Gasteiger partial charge in [-0.1, -0.05) is 0 Å². The number of hydrogen-bond acceptors (Lipinski definition) is 5. The van der Waals surface area contributed by atoms with Crippen LogP contribution in [-0.4, -0.2) is 47.6 Å². The summed E-state index contributed by atoms with van der Waals surface area (Å²) in [5.41, 5.74) is -1.86.